The minimum atomic E-state index is -0.201. The maximum atomic E-state index is 11.4. The van der Waals surface area contributed by atoms with E-state index in [2.05, 4.69) is 5.32 Å². The molecule has 0 aromatic rings. The van der Waals surface area contributed by atoms with Crippen LogP contribution in [-0.4, -0.2) is 44.2 Å². The fourth-order valence-electron chi connectivity index (χ4n) is 2.87. The normalized spacial score (nSPS) is 49.4. The molecule has 0 spiro atoms. The Morgan fingerprint density at radius 1 is 1.43 bits per heavy atom. The molecule has 14 heavy (non-hydrogen) atoms. The van der Waals surface area contributed by atoms with Crippen LogP contribution in [0.15, 0.2) is 0 Å². The predicted molar refractivity (Wildman–Crippen MR) is 45.4 cm³/mol. The van der Waals surface area contributed by atoms with Crippen LogP contribution in [0.5, 0.6) is 0 Å². The zero-order chi connectivity index (χ0) is 9.71. The van der Waals surface area contributed by atoms with Gasteiger partial charge in [-0.2, -0.15) is 0 Å². The van der Waals surface area contributed by atoms with Crippen LogP contribution in [0, 0.1) is 5.92 Å². The Morgan fingerprint density at radius 2 is 2.21 bits per heavy atom. The predicted octanol–water partition coefficient (Wildman–Crippen LogP) is -0.739. The molecule has 3 fully saturated rings. The molecule has 2 heterocycles. The van der Waals surface area contributed by atoms with Crippen molar-refractivity contribution in [2.75, 3.05) is 13.9 Å². The summed E-state index contributed by atoms with van der Waals surface area (Å²) in [5.74, 6) is 0.0337. The smallest absolute Gasteiger partial charge is 0.323 e. The fraction of sp³-hybridized carbons (Fsp3) is 0.889. The number of fused-ring (bicyclic) bond motifs is 5. The van der Waals surface area contributed by atoms with Gasteiger partial charge in [-0.25, -0.2) is 0 Å². The third-order valence-electron chi connectivity index (χ3n) is 3.47. The number of rotatable bonds is 1. The molecule has 1 aliphatic carbocycles. The number of hydrogen-bond donors (Lipinski definition) is 1. The van der Waals surface area contributed by atoms with Crippen molar-refractivity contribution in [3.63, 3.8) is 0 Å². The Morgan fingerprint density at radius 3 is 3.00 bits per heavy atom. The monoisotopic (exact) mass is 199 g/mol. The maximum absolute atomic E-state index is 11.4. The molecule has 2 saturated heterocycles. The van der Waals surface area contributed by atoms with Crippen LogP contribution in [0.1, 0.15) is 6.42 Å². The molecule has 0 aromatic heterocycles. The summed E-state index contributed by atoms with van der Waals surface area (Å²) in [7, 11) is 1.42. The lowest BCUT2D eigenvalue weighted by Crippen LogP contribution is -2.53. The quantitative estimate of drug-likeness (QED) is 0.564. The second kappa shape index (κ2) is 2.92. The molecule has 3 rings (SSSR count). The molecule has 2 bridgehead atoms. The number of esters is 1. The summed E-state index contributed by atoms with van der Waals surface area (Å²) in [6, 6.07) is 0.0598. The largest absolute Gasteiger partial charge is 0.468 e. The van der Waals surface area contributed by atoms with E-state index in [1.807, 2.05) is 0 Å². The molecule has 5 nitrogen and oxygen atoms in total. The van der Waals surface area contributed by atoms with Crippen LogP contribution in [0.2, 0.25) is 0 Å². The molecule has 78 valence electrons. The van der Waals surface area contributed by atoms with E-state index in [1.165, 1.54) is 7.11 Å². The molecule has 3 aliphatic rings. The van der Waals surface area contributed by atoms with Crippen molar-refractivity contribution in [3.8, 4) is 0 Å². The fourth-order valence-corrected chi connectivity index (χ4v) is 2.87. The molecule has 0 amide bonds. The number of hydrogen-bond acceptors (Lipinski definition) is 5. The number of carbonyl (C=O) groups is 1. The summed E-state index contributed by atoms with van der Waals surface area (Å²) in [6.07, 6.45) is 1.18. The van der Waals surface area contributed by atoms with E-state index in [0.717, 1.165) is 6.42 Å². The first-order valence-corrected chi connectivity index (χ1v) is 4.88. The van der Waals surface area contributed by atoms with Gasteiger partial charge in [0.05, 0.1) is 13.2 Å². The van der Waals surface area contributed by atoms with Crippen LogP contribution < -0.4 is 5.32 Å². The number of nitrogens with one attached hydrogen (secondary N) is 1. The van der Waals surface area contributed by atoms with E-state index >= 15 is 0 Å². The van der Waals surface area contributed by atoms with Gasteiger partial charge in [0.2, 0.25) is 0 Å². The van der Waals surface area contributed by atoms with Gasteiger partial charge in [0, 0.05) is 12.0 Å². The standard InChI is InChI=1S/C9H13NO4/c1-12-9(11)6-4-2-5(10-6)8-7(4)13-3-14-8/h4-8,10H,2-3H2,1H3/t4-,5-,6-,7-,8+/m1/s1. The summed E-state index contributed by atoms with van der Waals surface area (Å²) in [4.78, 5) is 11.4. The highest BCUT2D eigenvalue weighted by Crippen LogP contribution is 2.42. The highest BCUT2D eigenvalue weighted by atomic mass is 16.7. The van der Waals surface area contributed by atoms with Crippen LogP contribution in [-0.2, 0) is 19.0 Å². The Kier molecular flexibility index (Phi) is 1.80. The van der Waals surface area contributed by atoms with Gasteiger partial charge in [0.1, 0.15) is 18.9 Å². The summed E-state index contributed by atoms with van der Waals surface area (Å²) in [5.41, 5.74) is 0. The van der Waals surface area contributed by atoms with Crippen molar-refractivity contribution in [3.05, 3.63) is 0 Å². The number of piperidine rings is 1. The Balaban J connectivity index is 1.80. The summed E-state index contributed by atoms with van der Waals surface area (Å²) in [5, 5.41) is 3.23. The van der Waals surface area contributed by atoms with Gasteiger partial charge in [-0.1, -0.05) is 0 Å². The first kappa shape index (κ1) is 8.64. The average molecular weight is 199 g/mol. The SMILES string of the molecule is COC(=O)[C@@H]1N[C@@H]2C[C@H]1[C@H]1OCO[C@H]12. The van der Waals surface area contributed by atoms with Gasteiger partial charge in [-0.05, 0) is 6.42 Å². The minimum Gasteiger partial charge on any atom is -0.468 e. The zero-order valence-corrected chi connectivity index (χ0v) is 7.93. The topological polar surface area (TPSA) is 56.8 Å². The second-order valence-electron chi connectivity index (χ2n) is 4.05. The van der Waals surface area contributed by atoms with E-state index in [1.54, 1.807) is 0 Å². The van der Waals surface area contributed by atoms with Gasteiger partial charge in [0.15, 0.2) is 0 Å². The van der Waals surface area contributed by atoms with Crippen LogP contribution in [0.25, 0.3) is 0 Å². The molecular formula is C9H13NO4. The lowest BCUT2D eigenvalue weighted by atomic mass is 9.96. The molecule has 0 radical (unpaired) electrons. The summed E-state index contributed by atoms with van der Waals surface area (Å²) >= 11 is 0. The Hall–Kier alpha value is -0.650. The number of carbonyl (C=O) groups excluding carboxylic acids is 1. The third kappa shape index (κ3) is 0.973. The average Bonchev–Trinajstić information content (AvgIpc) is 2.86. The van der Waals surface area contributed by atoms with Crippen molar-refractivity contribution in [2.45, 2.75) is 30.7 Å². The maximum Gasteiger partial charge on any atom is 0.323 e. The van der Waals surface area contributed by atoms with Crippen LogP contribution >= 0.6 is 0 Å². The zero-order valence-electron chi connectivity index (χ0n) is 7.93. The van der Waals surface area contributed by atoms with Gasteiger partial charge >= 0.3 is 5.97 Å². The molecule has 0 unspecified atom stereocenters. The van der Waals surface area contributed by atoms with Gasteiger partial charge < -0.3 is 14.2 Å². The molecule has 0 aromatic carbocycles. The molecule has 2 aliphatic heterocycles. The number of ether oxygens (including phenoxy) is 3. The lowest BCUT2D eigenvalue weighted by Gasteiger charge is -2.28. The summed E-state index contributed by atoms with van der Waals surface area (Å²) in [6.45, 7) is 0.359. The van der Waals surface area contributed by atoms with E-state index in [4.69, 9.17) is 14.2 Å². The minimum absolute atomic E-state index is 0.0883. The lowest BCUT2D eigenvalue weighted by molar-refractivity contribution is -0.145. The van der Waals surface area contributed by atoms with E-state index in [0.29, 0.717) is 6.79 Å². The van der Waals surface area contributed by atoms with Crippen molar-refractivity contribution in [2.24, 2.45) is 5.92 Å². The van der Waals surface area contributed by atoms with Gasteiger partial charge in [0.25, 0.3) is 0 Å². The third-order valence-corrected chi connectivity index (χ3v) is 3.47. The van der Waals surface area contributed by atoms with Crippen molar-refractivity contribution in [1.29, 1.82) is 0 Å². The molecule has 1 saturated carbocycles. The second-order valence-corrected chi connectivity index (χ2v) is 4.05. The molecule has 5 atom stereocenters. The van der Waals surface area contributed by atoms with E-state index in [-0.39, 0.29) is 36.2 Å². The molecular weight excluding hydrogens is 186 g/mol. The first-order chi connectivity index (χ1) is 6.81. The van der Waals surface area contributed by atoms with Crippen LogP contribution in [0.4, 0.5) is 0 Å². The van der Waals surface area contributed by atoms with Crippen LogP contribution in [0.3, 0.4) is 0 Å². The van der Waals surface area contributed by atoms with E-state index in [9.17, 15) is 4.79 Å². The highest BCUT2D eigenvalue weighted by Gasteiger charge is 2.58. The van der Waals surface area contributed by atoms with Gasteiger partial charge in [-0.3, -0.25) is 10.1 Å². The first-order valence-electron chi connectivity index (χ1n) is 4.88. The highest BCUT2D eigenvalue weighted by molar-refractivity contribution is 5.77. The van der Waals surface area contributed by atoms with E-state index < -0.39 is 0 Å². The summed E-state index contributed by atoms with van der Waals surface area (Å²) < 4.78 is 15.6. The van der Waals surface area contributed by atoms with Crippen molar-refractivity contribution >= 4 is 5.97 Å². The molecule has 1 N–H and O–H groups in total. The Bertz CT molecular complexity index is 270. The molecule has 5 heteroatoms. The Labute approximate surface area is 81.7 Å². The van der Waals surface area contributed by atoms with Gasteiger partial charge in [-0.15, -0.1) is 0 Å². The van der Waals surface area contributed by atoms with Crippen molar-refractivity contribution < 1.29 is 19.0 Å². The number of methoxy groups -OCH3 is 1. The van der Waals surface area contributed by atoms with Crippen molar-refractivity contribution in [1.82, 2.24) is 5.32 Å².